The zero-order valence-electron chi connectivity index (χ0n) is 10.9. The fraction of sp³-hybridized carbons (Fsp3) is 0.200. The molecule has 0 aliphatic heterocycles. The highest BCUT2D eigenvalue weighted by molar-refractivity contribution is 5.36. The van der Waals surface area contributed by atoms with E-state index in [1.54, 1.807) is 0 Å². The molecule has 2 rings (SSSR count). The summed E-state index contributed by atoms with van der Waals surface area (Å²) in [6, 6.07) is 15.5. The predicted octanol–water partition coefficient (Wildman–Crippen LogP) is 2.54. The molecule has 19 heavy (non-hydrogen) atoms. The van der Waals surface area contributed by atoms with E-state index >= 15 is 0 Å². The third kappa shape index (κ3) is 3.24. The number of hydrogen-bond acceptors (Lipinski definition) is 4. The molecule has 0 bridgehead atoms. The number of para-hydroxylation sites is 1. The van der Waals surface area contributed by atoms with Gasteiger partial charge in [-0.1, -0.05) is 37.3 Å². The van der Waals surface area contributed by atoms with Crippen molar-refractivity contribution in [2.75, 3.05) is 0 Å². The minimum absolute atomic E-state index is 0.350. The van der Waals surface area contributed by atoms with E-state index in [0.29, 0.717) is 11.7 Å². The highest BCUT2D eigenvalue weighted by Gasteiger charge is 2.10. The Kier molecular flexibility index (Phi) is 4.39. The number of benzene rings is 2. The van der Waals surface area contributed by atoms with Crippen LogP contribution in [0.3, 0.4) is 0 Å². The first kappa shape index (κ1) is 13.4. The van der Waals surface area contributed by atoms with E-state index in [9.17, 15) is 0 Å². The second kappa shape index (κ2) is 6.22. The average molecular weight is 258 g/mol. The molecule has 0 aliphatic rings. The number of hydrogen-bond donors (Lipinski definition) is 2. The summed E-state index contributed by atoms with van der Waals surface area (Å²) in [7, 11) is 0. The summed E-state index contributed by atoms with van der Waals surface area (Å²) in [4.78, 5) is 9.55. The van der Waals surface area contributed by atoms with Gasteiger partial charge in [-0.15, -0.1) is 0 Å². The Morgan fingerprint density at radius 3 is 2.26 bits per heavy atom. The quantitative estimate of drug-likeness (QED) is 0.808. The van der Waals surface area contributed by atoms with Gasteiger partial charge in [-0.25, -0.2) is 0 Å². The first-order valence-electron chi connectivity index (χ1n) is 6.16. The Balaban J connectivity index is 2.13. The molecule has 0 heterocycles. The van der Waals surface area contributed by atoms with Crippen LogP contribution in [0.25, 0.3) is 0 Å². The van der Waals surface area contributed by atoms with Crippen molar-refractivity contribution in [1.82, 2.24) is 0 Å². The van der Waals surface area contributed by atoms with Crippen molar-refractivity contribution in [3.63, 3.8) is 0 Å². The van der Waals surface area contributed by atoms with Gasteiger partial charge in [-0.3, -0.25) is 0 Å². The molecule has 1 atom stereocenters. The third-order valence-electron chi connectivity index (χ3n) is 3.21. The van der Waals surface area contributed by atoms with Crippen molar-refractivity contribution in [2.24, 2.45) is 11.8 Å². The first-order valence-corrected chi connectivity index (χ1v) is 6.16. The third-order valence-corrected chi connectivity index (χ3v) is 3.21. The molecule has 4 nitrogen and oxygen atoms in total. The van der Waals surface area contributed by atoms with Gasteiger partial charge in [0.15, 0.2) is 0 Å². The Morgan fingerprint density at radius 1 is 0.947 bits per heavy atom. The molecule has 0 amide bonds. The van der Waals surface area contributed by atoms with Crippen LogP contribution in [0.4, 0.5) is 0 Å². The maximum absolute atomic E-state index is 5.27. The lowest BCUT2D eigenvalue weighted by Gasteiger charge is -2.14. The van der Waals surface area contributed by atoms with Crippen LogP contribution in [0.15, 0.2) is 48.5 Å². The van der Waals surface area contributed by atoms with Gasteiger partial charge in [0, 0.05) is 0 Å². The highest BCUT2D eigenvalue weighted by Crippen LogP contribution is 2.26. The molecule has 0 radical (unpaired) electrons. The van der Waals surface area contributed by atoms with Gasteiger partial charge in [0.1, 0.15) is 11.5 Å². The van der Waals surface area contributed by atoms with Gasteiger partial charge in [0.25, 0.3) is 0 Å². The summed E-state index contributed by atoms with van der Waals surface area (Å²) in [5.41, 5.74) is 2.31. The van der Waals surface area contributed by atoms with Crippen LogP contribution in [0.5, 0.6) is 11.5 Å². The summed E-state index contributed by atoms with van der Waals surface area (Å²) in [5.74, 6) is 12.1. The molecule has 1 unspecified atom stereocenters. The summed E-state index contributed by atoms with van der Waals surface area (Å²) in [6.45, 7) is 2.16. The minimum atomic E-state index is 0.350. The van der Waals surface area contributed by atoms with Gasteiger partial charge in [-0.2, -0.15) is 11.8 Å². The molecular weight excluding hydrogens is 240 g/mol. The molecule has 4 N–H and O–H groups in total. The van der Waals surface area contributed by atoms with Crippen molar-refractivity contribution < 1.29 is 9.68 Å². The van der Waals surface area contributed by atoms with Crippen LogP contribution in [-0.2, 0) is 6.42 Å². The summed E-state index contributed by atoms with van der Waals surface area (Å²) >= 11 is 0. The molecule has 100 valence electrons. The van der Waals surface area contributed by atoms with Crippen LogP contribution in [-0.4, -0.2) is 0 Å². The van der Waals surface area contributed by atoms with Crippen molar-refractivity contribution in [1.29, 1.82) is 0 Å². The van der Waals surface area contributed by atoms with E-state index in [2.05, 4.69) is 11.8 Å². The molecule has 0 saturated carbocycles. The zero-order valence-corrected chi connectivity index (χ0v) is 10.9. The lowest BCUT2D eigenvalue weighted by Crippen LogP contribution is -2.07. The van der Waals surface area contributed by atoms with E-state index in [1.165, 1.54) is 5.56 Å². The number of nitrogens with two attached hydrogens (primary N) is 2. The molecule has 0 fully saturated rings. The molecule has 0 aromatic heterocycles. The van der Waals surface area contributed by atoms with Crippen molar-refractivity contribution in [3.8, 4) is 11.5 Å². The van der Waals surface area contributed by atoms with E-state index < -0.39 is 0 Å². The Morgan fingerprint density at radius 2 is 1.63 bits per heavy atom. The lowest BCUT2D eigenvalue weighted by atomic mass is 9.93. The fourth-order valence-corrected chi connectivity index (χ4v) is 2.11. The van der Waals surface area contributed by atoms with E-state index in [4.69, 9.17) is 16.6 Å². The zero-order chi connectivity index (χ0) is 13.7. The summed E-state index contributed by atoms with van der Waals surface area (Å²) in [6.07, 6.45) is 0.857. The molecular formula is C15H18N2O2. The standard InChI is InChI=1S/C15H18N2O2/c1-11(12-6-8-14(18-16)9-7-12)10-13-4-2-3-5-15(13)19-17/h2-9,11H,10,16-17H2,1H3. The summed E-state index contributed by atoms with van der Waals surface area (Å²) < 4.78 is 0. The molecule has 0 saturated heterocycles. The van der Waals surface area contributed by atoms with Gasteiger partial charge in [0.05, 0.1) is 0 Å². The summed E-state index contributed by atoms with van der Waals surface area (Å²) in [5, 5.41) is 0. The average Bonchev–Trinajstić information content (AvgIpc) is 2.48. The number of rotatable bonds is 5. The maximum atomic E-state index is 5.27. The minimum Gasteiger partial charge on any atom is -0.412 e. The molecule has 2 aromatic carbocycles. The van der Waals surface area contributed by atoms with Crippen LogP contribution < -0.4 is 21.5 Å². The second-order valence-electron chi connectivity index (χ2n) is 4.52. The Bertz CT molecular complexity index is 526. The van der Waals surface area contributed by atoms with Crippen LogP contribution in [0, 0.1) is 0 Å². The molecule has 0 aliphatic carbocycles. The smallest absolute Gasteiger partial charge is 0.150 e. The van der Waals surface area contributed by atoms with Crippen molar-refractivity contribution >= 4 is 0 Å². The molecule has 2 aromatic rings. The van der Waals surface area contributed by atoms with Gasteiger partial charge < -0.3 is 9.68 Å². The van der Waals surface area contributed by atoms with Crippen molar-refractivity contribution in [2.45, 2.75) is 19.3 Å². The highest BCUT2D eigenvalue weighted by atomic mass is 16.6. The molecule has 4 heteroatoms. The van der Waals surface area contributed by atoms with Crippen LogP contribution in [0.1, 0.15) is 24.0 Å². The Hall–Kier alpha value is -2.04. The SMILES string of the molecule is CC(Cc1ccccc1ON)c1ccc(ON)cc1. The van der Waals surface area contributed by atoms with E-state index in [-0.39, 0.29) is 0 Å². The topological polar surface area (TPSA) is 70.5 Å². The maximum Gasteiger partial charge on any atom is 0.150 e. The Labute approximate surface area is 112 Å². The van der Waals surface area contributed by atoms with Crippen molar-refractivity contribution in [3.05, 3.63) is 59.7 Å². The fourth-order valence-electron chi connectivity index (χ4n) is 2.11. The normalized spacial score (nSPS) is 11.9. The van der Waals surface area contributed by atoms with Gasteiger partial charge >= 0.3 is 0 Å². The van der Waals surface area contributed by atoms with E-state index in [1.807, 2.05) is 48.5 Å². The van der Waals surface area contributed by atoms with Gasteiger partial charge in [-0.05, 0) is 41.7 Å². The lowest BCUT2D eigenvalue weighted by molar-refractivity contribution is 0.330. The monoisotopic (exact) mass is 258 g/mol. The first-order chi connectivity index (χ1) is 9.24. The van der Waals surface area contributed by atoms with Crippen LogP contribution in [0.2, 0.25) is 0 Å². The largest absolute Gasteiger partial charge is 0.412 e. The van der Waals surface area contributed by atoms with E-state index in [0.717, 1.165) is 17.7 Å². The molecule has 0 spiro atoms. The predicted molar refractivity (Wildman–Crippen MR) is 74.6 cm³/mol. The van der Waals surface area contributed by atoms with Gasteiger partial charge in [0.2, 0.25) is 0 Å². The second-order valence-corrected chi connectivity index (χ2v) is 4.52. The van der Waals surface area contributed by atoms with Crippen LogP contribution >= 0.6 is 0 Å².